The Hall–Kier alpha value is -2.27. The zero-order valence-electron chi connectivity index (χ0n) is 13.2. The van der Waals surface area contributed by atoms with Gasteiger partial charge in [0.25, 0.3) is 0 Å². The van der Waals surface area contributed by atoms with Crippen molar-refractivity contribution in [3.63, 3.8) is 0 Å². The van der Waals surface area contributed by atoms with Crippen molar-refractivity contribution >= 4 is 28.2 Å². The predicted molar refractivity (Wildman–Crippen MR) is 94.1 cm³/mol. The quantitative estimate of drug-likeness (QED) is 0.393. The number of thiazole rings is 1. The second-order valence-electron chi connectivity index (χ2n) is 6.04. The number of carbonyl (C=O) groups excluding carboxylic acids is 1. The molecule has 0 radical (unpaired) electrons. The summed E-state index contributed by atoms with van der Waals surface area (Å²) in [6.45, 7) is 0. The van der Waals surface area contributed by atoms with Crippen molar-refractivity contribution in [2.75, 3.05) is 0 Å². The van der Waals surface area contributed by atoms with Crippen LogP contribution in [0, 0.1) is 5.82 Å². The summed E-state index contributed by atoms with van der Waals surface area (Å²) >= 11 is 1.70. The number of allylic oxidation sites excluding steroid dienone is 1. The number of rotatable bonds is 3. The van der Waals surface area contributed by atoms with Gasteiger partial charge in [-0.3, -0.25) is 9.20 Å². The van der Waals surface area contributed by atoms with Crippen molar-refractivity contribution < 1.29 is 9.18 Å². The van der Waals surface area contributed by atoms with E-state index in [1.54, 1.807) is 35.7 Å². The van der Waals surface area contributed by atoms with E-state index in [4.69, 9.17) is 0 Å². The van der Waals surface area contributed by atoms with Gasteiger partial charge in [-0.05, 0) is 49.5 Å². The summed E-state index contributed by atoms with van der Waals surface area (Å²) < 4.78 is 15.0. The molecule has 2 aromatic heterocycles. The molecule has 3 nitrogen and oxygen atoms in total. The second-order valence-corrected chi connectivity index (χ2v) is 7.11. The highest BCUT2D eigenvalue weighted by atomic mass is 32.1. The number of carbonyl (C=O) groups is 1. The maximum atomic E-state index is 12.9. The minimum atomic E-state index is -0.281. The average molecular weight is 340 g/mol. The van der Waals surface area contributed by atoms with E-state index in [1.807, 2.05) is 4.40 Å². The smallest absolute Gasteiger partial charge is 0.204 e. The maximum absolute atomic E-state index is 12.9. The van der Waals surface area contributed by atoms with E-state index < -0.39 is 0 Å². The first-order valence-corrected chi connectivity index (χ1v) is 9.00. The molecule has 24 heavy (non-hydrogen) atoms. The minimum absolute atomic E-state index is 0.0725. The number of aromatic nitrogens is 2. The summed E-state index contributed by atoms with van der Waals surface area (Å²) in [6.07, 6.45) is 10.6. The fourth-order valence-electron chi connectivity index (χ4n) is 3.17. The Morgan fingerprint density at radius 3 is 2.79 bits per heavy atom. The van der Waals surface area contributed by atoms with Gasteiger partial charge in [-0.15, -0.1) is 11.3 Å². The normalized spacial score (nSPS) is 14.9. The summed E-state index contributed by atoms with van der Waals surface area (Å²) in [5.41, 5.74) is 2.67. The number of fused-ring (bicyclic) bond motifs is 3. The molecule has 0 aliphatic heterocycles. The molecule has 1 aliphatic rings. The molecule has 122 valence electrons. The highest BCUT2D eigenvalue weighted by Gasteiger charge is 2.20. The lowest BCUT2D eigenvalue weighted by molar-refractivity contribution is 0.104. The lowest BCUT2D eigenvalue weighted by Crippen LogP contribution is -2.03. The van der Waals surface area contributed by atoms with Gasteiger partial charge in [0.1, 0.15) is 11.5 Å². The Morgan fingerprint density at radius 1 is 1.17 bits per heavy atom. The number of hydrogen-bond acceptors (Lipinski definition) is 3. The Morgan fingerprint density at radius 2 is 1.96 bits per heavy atom. The third kappa shape index (κ3) is 2.80. The van der Waals surface area contributed by atoms with E-state index in [9.17, 15) is 9.18 Å². The van der Waals surface area contributed by atoms with Gasteiger partial charge in [0.15, 0.2) is 4.96 Å². The number of benzene rings is 1. The van der Waals surface area contributed by atoms with Crippen molar-refractivity contribution in [3.8, 4) is 0 Å². The summed E-state index contributed by atoms with van der Waals surface area (Å²) in [5.74, 6) is -0.353. The molecule has 0 N–H and O–H groups in total. The molecule has 0 amide bonds. The molecule has 0 spiro atoms. The van der Waals surface area contributed by atoms with E-state index in [-0.39, 0.29) is 11.6 Å². The molecule has 2 heterocycles. The molecule has 0 saturated heterocycles. The Bertz CT molecular complexity index is 921. The van der Waals surface area contributed by atoms with Gasteiger partial charge in [0.05, 0.1) is 6.20 Å². The Balaban J connectivity index is 1.67. The van der Waals surface area contributed by atoms with Crippen molar-refractivity contribution in [3.05, 3.63) is 64.2 Å². The van der Waals surface area contributed by atoms with E-state index in [0.29, 0.717) is 5.69 Å². The topological polar surface area (TPSA) is 34.4 Å². The van der Waals surface area contributed by atoms with Crippen LogP contribution in [0.3, 0.4) is 0 Å². The van der Waals surface area contributed by atoms with Gasteiger partial charge < -0.3 is 0 Å². The van der Waals surface area contributed by atoms with Crippen LogP contribution < -0.4 is 0 Å². The molecule has 5 heteroatoms. The van der Waals surface area contributed by atoms with Crippen molar-refractivity contribution in [1.29, 1.82) is 0 Å². The number of nitrogens with zero attached hydrogens (tertiary/aromatic N) is 2. The molecule has 3 aromatic rings. The third-order valence-electron chi connectivity index (χ3n) is 4.40. The van der Waals surface area contributed by atoms with Crippen LogP contribution in [0.15, 0.2) is 36.5 Å². The SMILES string of the molecule is O=C(/C=C/c1ccc(F)cc1)c1cnc2sc3c(n12)CCCCC3. The number of hydrogen-bond donors (Lipinski definition) is 0. The minimum Gasteiger partial charge on any atom is -0.288 e. The van der Waals surface area contributed by atoms with Gasteiger partial charge in [-0.25, -0.2) is 9.37 Å². The van der Waals surface area contributed by atoms with Gasteiger partial charge in [-0.1, -0.05) is 24.6 Å². The van der Waals surface area contributed by atoms with Crippen molar-refractivity contribution in [2.24, 2.45) is 0 Å². The zero-order valence-corrected chi connectivity index (χ0v) is 14.0. The van der Waals surface area contributed by atoms with Crippen LogP contribution in [0.5, 0.6) is 0 Å². The summed E-state index contributed by atoms with van der Waals surface area (Å²) in [5, 5.41) is 0. The van der Waals surface area contributed by atoms with Gasteiger partial charge >= 0.3 is 0 Å². The Labute approximate surface area is 143 Å². The molecule has 4 rings (SSSR count). The van der Waals surface area contributed by atoms with Crippen molar-refractivity contribution in [1.82, 2.24) is 9.38 Å². The van der Waals surface area contributed by atoms with E-state index in [0.717, 1.165) is 29.8 Å². The van der Waals surface area contributed by atoms with E-state index in [2.05, 4.69) is 4.98 Å². The van der Waals surface area contributed by atoms with Gasteiger partial charge in [-0.2, -0.15) is 0 Å². The predicted octanol–water partition coefficient (Wildman–Crippen LogP) is 4.70. The summed E-state index contributed by atoms with van der Waals surface area (Å²) in [4.78, 5) is 19.3. The molecule has 0 fully saturated rings. The van der Waals surface area contributed by atoms with Gasteiger partial charge in [0.2, 0.25) is 5.78 Å². The first-order valence-electron chi connectivity index (χ1n) is 8.18. The standard InChI is InChI=1S/C19H17FN2OS/c20-14-9-6-13(7-10-14)8-11-17(23)16-12-21-19-22(16)15-4-2-1-3-5-18(15)24-19/h6-12H,1-5H2/b11-8+. The van der Waals surface area contributed by atoms with Crippen LogP contribution >= 0.6 is 11.3 Å². The van der Waals surface area contributed by atoms with Crippen LogP contribution in [0.25, 0.3) is 11.0 Å². The van der Waals surface area contributed by atoms with E-state index >= 15 is 0 Å². The van der Waals surface area contributed by atoms with Crippen LogP contribution in [-0.2, 0) is 12.8 Å². The molecule has 1 aliphatic carbocycles. The Kier molecular flexibility index (Phi) is 4.02. The lowest BCUT2D eigenvalue weighted by atomic mass is 10.1. The number of aryl methyl sites for hydroxylation is 2. The summed E-state index contributed by atoms with van der Waals surface area (Å²) in [7, 11) is 0. The second kappa shape index (κ2) is 6.32. The third-order valence-corrected chi connectivity index (χ3v) is 5.56. The van der Waals surface area contributed by atoms with Crippen LogP contribution in [0.4, 0.5) is 4.39 Å². The molecule has 0 atom stereocenters. The van der Waals surface area contributed by atoms with Gasteiger partial charge in [0, 0.05) is 10.6 Å². The maximum Gasteiger partial charge on any atom is 0.204 e. The zero-order chi connectivity index (χ0) is 16.5. The van der Waals surface area contributed by atoms with Crippen LogP contribution in [0.1, 0.15) is 45.9 Å². The fourth-order valence-corrected chi connectivity index (χ4v) is 4.35. The largest absolute Gasteiger partial charge is 0.288 e. The molecular formula is C19H17FN2OS. The molecule has 0 unspecified atom stereocenters. The highest BCUT2D eigenvalue weighted by molar-refractivity contribution is 7.17. The highest BCUT2D eigenvalue weighted by Crippen LogP contribution is 2.30. The van der Waals surface area contributed by atoms with E-state index in [1.165, 1.54) is 41.6 Å². The van der Waals surface area contributed by atoms with Crippen LogP contribution in [-0.4, -0.2) is 15.2 Å². The molecular weight excluding hydrogens is 323 g/mol. The number of halogens is 1. The first kappa shape index (κ1) is 15.3. The summed E-state index contributed by atoms with van der Waals surface area (Å²) in [6, 6.07) is 6.09. The average Bonchev–Trinajstić information content (AvgIpc) is 3.06. The molecule has 1 aromatic carbocycles. The molecule has 0 saturated carbocycles. The first-order chi connectivity index (χ1) is 11.7. The number of ketones is 1. The fraction of sp³-hybridized carbons (Fsp3) is 0.263. The lowest BCUT2D eigenvalue weighted by Gasteiger charge is -2.02. The monoisotopic (exact) mass is 340 g/mol. The molecule has 0 bridgehead atoms. The number of imidazole rings is 1. The van der Waals surface area contributed by atoms with Crippen molar-refractivity contribution in [2.45, 2.75) is 32.1 Å². The van der Waals surface area contributed by atoms with Crippen LogP contribution in [0.2, 0.25) is 0 Å².